The second-order valence-corrected chi connectivity index (χ2v) is 10.2. The average molecular weight is 579 g/mol. The molecule has 0 saturated heterocycles. The predicted molar refractivity (Wildman–Crippen MR) is 154 cm³/mol. The number of esters is 1. The van der Waals surface area contributed by atoms with Crippen molar-refractivity contribution in [1.82, 2.24) is 0 Å². The van der Waals surface area contributed by atoms with Crippen molar-refractivity contribution >= 4 is 33.7 Å². The zero-order valence-corrected chi connectivity index (χ0v) is 22.6. The molecule has 2 N–H and O–H groups in total. The maximum absolute atomic E-state index is 13.0. The van der Waals surface area contributed by atoms with Crippen molar-refractivity contribution in [1.29, 1.82) is 0 Å². The molecule has 43 heavy (non-hydrogen) atoms. The number of aliphatic hydroxyl groups is 1. The Labute approximate surface area is 242 Å². The van der Waals surface area contributed by atoms with E-state index in [1.54, 1.807) is 42.5 Å². The van der Waals surface area contributed by atoms with E-state index in [2.05, 4.69) is 0 Å². The Morgan fingerprint density at radius 2 is 1.53 bits per heavy atom. The highest BCUT2D eigenvalue weighted by molar-refractivity contribution is 5.94. The quantitative estimate of drug-likeness (QED) is 0.218. The molecule has 3 aromatic carbocycles. The molecule has 0 radical (unpaired) electrons. The molecule has 10 nitrogen and oxygen atoms in total. The molecule has 5 aromatic rings. The van der Waals surface area contributed by atoms with E-state index in [9.17, 15) is 24.6 Å². The molecule has 0 spiro atoms. The summed E-state index contributed by atoms with van der Waals surface area (Å²) in [5, 5.41) is 22.4. The Morgan fingerprint density at radius 1 is 0.767 bits per heavy atom. The number of fused-ring (bicyclic) bond motifs is 4. The van der Waals surface area contributed by atoms with E-state index in [-0.39, 0.29) is 34.7 Å². The fourth-order valence-electron chi connectivity index (χ4n) is 5.46. The number of ether oxygens (including phenoxy) is 3. The zero-order valence-electron chi connectivity index (χ0n) is 22.6. The number of carbonyl (C=O) groups is 1. The number of benzene rings is 3. The summed E-state index contributed by atoms with van der Waals surface area (Å²) in [5.41, 5.74) is 2.31. The lowest BCUT2D eigenvalue weighted by molar-refractivity contribution is -0.155. The van der Waals surface area contributed by atoms with Gasteiger partial charge in [-0.25, -0.2) is 14.4 Å². The van der Waals surface area contributed by atoms with Gasteiger partial charge in [-0.3, -0.25) is 0 Å². The summed E-state index contributed by atoms with van der Waals surface area (Å²) in [6.07, 6.45) is 0.728. The number of aliphatic hydroxyl groups excluding tert-OH is 1. The Hall–Kier alpha value is -5.77. The van der Waals surface area contributed by atoms with Crippen molar-refractivity contribution in [2.45, 2.75) is 19.1 Å². The Balaban J connectivity index is 1.26. The molecule has 0 saturated carbocycles. The fraction of sp³-hybridized carbons (Fsp3) is 0.121. The number of aromatic hydroxyl groups is 1. The number of phenolic OH excluding ortho intramolecular Hbond substituents is 1. The van der Waals surface area contributed by atoms with E-state index in [1.807, 2.05) is 0 Å². The van der Waals surface area contributed by atoms with Crippen LogP contribution in [0.1, 0.15) is 22.3 Å². The van der Waals surface area contributed by atoms with Crippen LogP contribution in [0.4, 0.5) is 0 Å². The Kier molecular flexibility index (Phi) is 6.05. The van der Waals surface area contributed by atoms with Gasteiger partial charge < -0.3 is 33.3 Å². The van der Waals surface area contributed by atoms with Crippen LogP contribution < -0.4 is 20.7 Å². The molecule has 0 amide bonds. The molecular weight excluding hydrogens is 556 g/mol. The van der Waals surface area contributed by atoms with Crippen LogP contribution in [0.25, 0.3) is 27.7 Å². The predicted octanol–water partition coefficient (Wildman–Crippen LogP) is 4.92. The number of rotatable bonds is 5. The first-order chi connectivity index (χ1) is 20.7. The van der Waals surface area contributed by atoms with Crippen LogP contribution in [0.3, 0.4) is 0 Å². The van der Waals surface area contributed by atoms with Gasteiger partial charge in [-0.15, -0.1) is 0 Å². The largest absolute Gasteiger partial charge is 0.508 e. The van der Waals surface area contributed by atoms with Gasteiger partial charge in [-0.2, -0.15) is 0 Å². The lowest BCUT2D eigenvalue weighted by atomic mass is 9.94. The molecule has 2 aliphatic rings. The lowest BCUT2D eigenvalue weighted by Crippen LogP contribution is -2.34. The van der Waals surface area contributed by atoms with Crippen molar-refractivity contribution in [2.75, 3.05) is 7.11 Å². The van der Waals surface area contributed by atoms with Gasteiger partial charge in [0.15, 0.2) is 0 Å². The maximum atomic E-state index is 13.0. The summed E-state index contributed by atoms with van der Waals surface area (Å²) in [4.78, 5) is 37.4. The molecule has 1 atom stereocenters. The van der Waals surface area contributed by atoms with Gasteiger partial charge in [0.25, 0.3) is 6.29 Å². The number of hydrogen-bond donors (Lipinski definition) is 2. The number of phenols is 1. The highest BCUT2D eigenvalue weighted by Crippen LogP contribution is 2.39. The van der Waals surface area contributed by atoms with Crippen LogP contribution in [0, 0.1) is 0 Å². The van der Waals surface area contributed by atoms with Gasteiger partial charge in [0.1, 0.15) is 34.2 Å². The van der Waals surface area contributed by atoms with E-state index in [0.717, 1.165) is 5.56 Å². The van der Waals surface area contributed by atoms with E-state index < -0.39 is 23.5 Å². The first-order valence-electron chi connectivity index (χ1n) is 13.3. The van der Waals surface area contributed by atoms with Crippen LogP contribution >= 0.6 is 0 Å². The van der Waals surface area contributed by atoms with Crippen molar-refractivity contribution in [3.05, 3.63) is 127 Å². The van der Waals surface area contributed by atoms with Crippen molar-refractivity contribution in [2.24, 2.45) is 0 Å². The Bertz CT molecular complexity index is 2170. The highest BCUT2D eigenvalue weighted by atomic mass is 16.7. The van der Waals surface area contributed by atoms with Gasteiger partial charge in [-0.05, 0) is 71.7 Å². The number of carbonyl (C=O) groups excluding carboxylic acids is 1. The second kappa shape index (κ2) is 9.95. The smallest absolute Gasteiger partial charge is 0.337 e. The van der Waals surface area contributed by atoms with E-state index in [4.69, 9.17) is 23.0 Å². The van der Waals surface area contributed by atoms with Crippen LogP contribution in [0.5, 0.6) is 17.2 Å². The normalized spacial score (nSPS) is 15.9. The molecule has 2 aromatic heterocycles. The van der Waals surface area contributed by atoms with Crippen molar-refractivity contribution in [3.63, 3.8) is 0 Å². The van der Waals surface area contributed by atoms with Crippen LogP contribution in [0.2, 0.25) is 0 Å². The van der Waals surface area contributed by atoms with Crippen LogP contribution in [-0.4, -0.2) is 29.6 Å². The highest BCUT2D eigenvalue weighted by Gasteiger charge is 2.36. The van der Waals surface area contributed by atoms with Crippen molar-refractivity contribution < 1.29 is 38.1 Å². The minimum absolute atomic E-state index is 0.0194. The second-order valence-electron chi connectivity index (χ2n) is 10.2. The molecule has 2 aliphatic heterocycles. The van der Waals surface area contributed by atoms with Gasteiger partial charge in [0.2, 0.25) is 0 Å². The van der Waals surface area contributed by atoms with Gasteiger partial charge in [0, 0.05) is 41.0 Å². The van der Waals surface area contributed by atoms with E-state index in [1.165, 1.54) is 37.5 Å². The third kappa shape index (κ3) is 4.68. The van der Waals surface area contributed by atoms with Crippen LogP contribution in [-0.2, 0) is 22.4 Å². The van der Waals surface area contributed by atoms with Crippen LogP contribution in [0.15, 0.2) is 102 Å². The van der Waals surface area contributed by atoms with Gasteiger partial charge in [-0.1, -0.05) is 6.07 Å². The first kappa shape index (κ1) is 26.1. The lowest BCUT2D eigenvalue weighted by Gasteiger charge is -2.30. The third-order valence-corrected chi connectivity index (χ3v) is 7.49. The molecule has 10 heteroatoms. The molecule has 214 valence electrons. The SMILES string of the molecule is COc1ccc2oc(=O)cc(CC3=CC4=C(O)c5cc(Cc6cc(=O)oc7cc(O)ccc67)ccc5OC4OC3=O)c2c1. The number of methoxy groups -OCH3 is 1. The first-order valence-corrected chi connectivity index (χ1v) is 13.3. The van der Waals surface area contributed by atoms with E-state index in [0.29, 0.717) is 51.0 Å². The minimum Gasteiger partial charge on any atom is -0.508 e. The van der Waals surface area contributed by atoms with Gasteiger partial charge in [0.05, 0.1) is 18.2 Å². The summed E-state index contributed by atoms with van der Waals surface area (Å²) in [6, 6.07) is 17.5. The molecule has 0 bridgehead atoms. The summed E-state index contributed by atoms with van der Waals surface area (Å²) in [5.74, 6) is 0.0833. The zero-order chi connectivity index (χ0) is 29.8. The topological polar surface area (TPSA) is 146 Å². The van der Waals surface area contributed by atoms with Gasteiger partial charge >= 0.3 is 17.2 Å². The third-order valence-electron chi connectivity index (χ3n) is 7.49. The van der Waals surface area contributed by atoms with Crippen molar-refractivity contribution in [3.8, 4) is 17.2 Å². The molecule has 4 heterocycles. The fourth-order valence-corrected chi connectivity index (χ4v) is 5.46. The maximum Gasteiger partial charge on any atom is 0.337 e. The molecular formula is C33H22O10. The summed E-state index contributed by atoms with van der Waals surface area (Å²) < 4.78 is 27.3. The number of hydrogen-bond acceptors (Lipinski definition) is 10. The summed E-state index contributed by atoms with van der Waals surface area (Å²) in [7, 11) is 1.52. The summed E-state index contributed by atoms with van der Waals surface area (Å²) >= 11 is 0. The minimum atomic E-state index is -1.15. The molecule has 1 unspecified atom stereocenters. The van der Waals surface area contributed by atoms with E-state index >= 15 is 0 Å². The standard InChI is InChI=1S/C33H22O10/c1-39-21-4-7-26-23(15-21)18(13-29(35)40-26)10-19-11-25-31(37)24-9-16(2-6-27(24)42-33(25)43-32(19)38)8-17-12-30(36)41-28-14-20(34)3-5-22(17)28/h2-7,9,11-15,33-34,37H,8,10H2,1H3. The molecule has 0 fully saturated rings. The monoisotopic (exact) mass is 578 g/mol. The summed E-state index contributed by atoms with van der Waals surface area (Å²) in [6.45, 7) is 0. The average Bonchev–Trinajstić information content (AvgIpc) is 2.98. The Morgan fingerprint density at radius 3 is 2.33 bits per heavy atom. The molecule has 7 rings (SSSR count). The molecule has 0 aliphatic carbocycles.